The van der Waals surface area contributed by atoms with Crippen LogP contribution >= 0.6 is 11.8 Å². The van der Waals surface area contributed by atoms with E-state index in [1.54, 1.807) is 0 Å². The van der Waals surface area contributed by atoms with Gasteiger partial charge in [0.25, 0.3) is 5.91 Å². The summed E-state index contributed by atoms with van der Waals surface area (Å²) in [5.74, 6) is 0.897. The lowest BCUT2D eigenvalue weighted by Gasteiger charge is -2.27. The predicted octanol–water partition coefficient (Wildman–Crippen LogP) is 3.85. The number of aryl methyl sites for hydroxylation is 2. The number of benzene rings is 1. The van der Waals surface area contributed by atoms with E-state index >= 15 is 0 Å². The molecule has 1 atom stereocenters. The van der Waals surface area contributed by atoms with Crippen LogP contribution in [-0.4, -0.2) is 62.8 Å². The van der Waals surface area contributed by atoms with Gasteiger partial charge in [-0.1, -0.05) is 0 Å². The molecule has 2 N–H and O–H groups in total. The maximum atomic E-state index is 14.1. The number of nitrogens with one attached hydrogen (secondary N) is 2. The summed E-state index contributed by atoms with van der Waals surface area (Å²) >= 11 is 1.89. The van der Waals surface area contributed by atoms with E-state index in [1.165, 1.54) is 11.8 Å². The number of aromatic amines is 1. The van der Waals surface area contributed by atoms with Crippen LogP contribution < -0.4 is 5.32 Å². The van der Waals surface area contributed by atoms with Crippen LogP contribution in [0.15, 0.2) is 12.1 Å². The topological polar surface area (TPSA) is 66.0 Å². The lowest BCUT2D eigenvalue weighted by Crippen LogP contribution is -2.40. The molecule has 0 bridgehead atoms. The molecule has 0 unspecified atom stereocenters. The van der Waals surface area contributed by atoms with Gasteiger partial charge in [0.1, 0.15) is 11.6 Å². The molecule has 1 aliphatic heterocycles. The number of thioether (sulfide) groups is 1. The van der Waals surface area contributed by atoms with Crippen molar-refractivity contribution < 1.29 is 13.6 Å². The molecule has 0 saturated carbocycles. The molecule has 1 aliphatic carbocycles. The molecular formula is C25H31F2N5OS. The van der Waals surface area contributed by atoms with E-state index in [4.69, 9.17) is 5.10 Å². The molecule has 3 heterocycles. The van der Waals surface area contributed by atoms with Gasteiger partial charge in [-0.2, -0.15) is 16.9 Å². The second-order valence-corrected chi connectivity index (χ2v) is 10.4. The number of amides is 1. The first-order valence-electron chi connectivity index (χ1n) is 12.1. The van der Waals surface area contributed by atoms with E-state index in [2.05, 4.69) is 17.2 Å². The van der Waals surface area contributed by atoms with Crippen LogP contribution in [0.4, 0.5) is 8.78 Å². The van der Waals surface area contributed by atoms with Crippen molar-refractivity contribution in [2.24, 2.45) is 0 Å². The summed E-state index contributed by atoms with van der Waals surface area (Å²) < 4.78 is 29.9. The Hall–Kier alpha value is -2.39. The normalized spacial score (nSPS) is 18.5. The minimum atomic E-state index is -0.561. The van der Waals surface area contributed by atoms with Gasteiger partial charge >= 0.3 is 0 Å². The Morgan fingerprint density at radius 1 is 1.29 bits per heavy atom. The van der Waals surface area contributed by atoms with Gasteiger partial charge < -0.3 is 15.2 Å². The zero-order valence-corrected chi connectivity index (χ0v) is 20.5. The van der Waals surface area contributed by atoms with Crippen LogP contribution in [-0.2, 0) is 25.8 Å². The number of carbonyl (C=O) groups is 1. The van der Waals surface area contributed by atoms with E-state index in [1.807, 2.05) is 28.3 Å². The van der Waals surface area contributed by atoms with E-state index in [0.717, 1.165) is 73.3 Å². The van der Waals surface area contributed by atoms with Gasteiger partial charge in [0.2, 0.25) is 0 Å². The monoisotopic (exact) mass is 487 g/mol. The number of fused-ring (bicyclic) bond motifs is 2. The lowest BCUT2D eigenvalue weighted by atomic mass is 9.91. The van der Waals surface area contributed by atoms with Crippen LogP contribution in [0.2, 0.25) is 0 Å². The van der Waals surface area contributed by atoms with E-state index < -0.39 is 11.6 Å². The third-order valence-electron chi connectivity index (χ3n) is 7.10. The number of H-pyrrole nitrogens is 1. The molecule has 2 aliphatic rings. The summed E-state index contributed by atoms with van der Waals surface area (Å²) in [5.41, 5.74) is 5.06. The first-order valence-corrected chi connectivity index (χ1v) is 13.3. The number of hydrogen-bond donors (Lipinski definition) is 2. The minimum Gasteiger partial charge on any atom is -0.356 e. The summed E-state index contributed by atoms with van der Waals surface area (Å²) in [5, 5.41) is 8.96. The third-order valence-corrected chi connectivity index (χ3v) is 8.04. The van der Waals surface area contributed by atoms with Gasteiger partial charge in [-0.05, 0) is 57.7 Å². The molecule has 1 saturated heterocycles. The highest BCUT2D eigenvalue weighted by molar-refractivity contribution is 7.99. The molecule has 6 nitrogen and oxygen atoms in total. The van der Waals surface area contributed by atoms with Crippen molar-refractivity contribution in [1.82, 2.24) is 25.0 Å². The van der Waals surface area contributed by atoms with Gasteiger partial charge in [0.05, 0.1) is 5.52 Å². The van der Waals surface area contributed by atoms with E-state index in [9.17, 15) is 13.6 Å². The van der Waals surface area contributed by atoms with Crippen molar-refractivity contribution in [2.45, 2.75) is 52.1 Å². The van der Waals surface area contributed by atoms with Crippen molar-refractivity contribution in [2.75, 3.05) is 31.1 Å². The molecule has 1 aromatic carbocycles. The van der Waals surface area contributed by atoms with Gasteiger partial charge in [0.15, 0.2) is 5.69 Å². The summed E-state index contributed by atoms with van der Waals surface area (Å²) in [6.07, 6.45) is 3.31. The number of halogens is 2. The Labute approximate surface area is 202 Å². The number of nitrogens with zero attached hydrogens (tertiary/aromatic N) is 3. The molecule has 34 heavy (non-hydrogen) atoms. The summed E-state index contributed by atoms with van der Waals surface area (Å²) in [7, 11) is 0. The zero-order valence-electron chi connectivity index (χ0n) is 19.7. The van der Waals surface area contributed by atoms with Crippen molar-refractivity contribution in [3.05, 3.63) is 52.0 Å². The molecule has 5 rings (SSSR count). The number of carbonyl (C=O) groups excluding carboxylic acids is 1. The Bertz CT molecular complexity index is 1210. The molecule has 0 spiro atoms. The van der Waals surface area contributed by atoms with Gasteiger partial charge in [0, 0.05) is 65.6 Å². The number of rotatable bonds is 6. The summed E-state index contributed by atoms with van der Waals surface area (Å²) in [4.78, 5) is 18.2. The maximum absolute atomic E-state index is 14.1. The quantitative estimate of drug-likeness (QED) is 0.554. The highest BCUT2D eigenvalue weighted by atomic mass is 32.2. The fraction of sp³-hybridized carbons (Fsp3) is 0.520. The standard InChI is InChI=1S/C25H31F2N5OS/c1-3-32-22-5-4-17(14-20(22)24(30-32)25(33)31-8-10-34-11-9-31)28-7-6-18-15(2)29-23-19(18)12-16(26)13-21(23)27/h12-13,17,28-29H,3-11,14H2,1-2H3/t17-/m0/s1. The average Bonchev–Trinajstić information content (AvgIpc) is 3.36. The van der Waals surface area contributed by atoms with Gasteiger partial charge in [-0.15, -0.1) is 0 Å². The molecule has 0 radical (unpaired) electrons. The van der Waals surface area contributed by atoms with Crippen LogP contribution in [0.1, 0.15) is 46.3 Å². The first-order chi connectivity index (χ1) is 16.5. The van der Waals surface area contributed by atoms with Crippen LogP contribution in [0, 0.1) is 18.6 Å². The smallest absolute Gasteiger partial charge is 0.274 e. The largest absolute Gasteiger partial charge is 0.356 e. The fourth-order valence-electron chi connectivity index (χ4n) is 5.34. The van der Waals surface area contributed by atoms with Crippen molar-refractivity contribution in [1.29, 1.82) is 0 Å². The molecule has 3 aromatic rings. The number of aromatic nitrogens is 3. The molecule has 2 aromatic heterocycles. The summed E-state index contributed by atoms with van der Waals surface area (Å²) in [6.45, 7) is 6.99. The Morgan fingerprint density at radius 3 is 2.85 bits per heavy atom. The van der Waals surface area contributed by atoms with Gasteiger partial charge in [-0.3, -0.25) is 9.48 Å². The van der Waals surface area contributed by atoms with E-state index in [-0.39, 0.29) is 11.9 Å². The molecule has 182 valence electrons. The second-order valence-electron chi connectivity index (χ2n) is 9.18. The zero-order chi connectivity index (χ0) is 23.8. The molecule has 1 amide bonds. The Balaban J connectivity index is 1.29. The minimum absolute atomic E-state index is 0.0582. The van der Waals surface area contributed by atoms with Crippen LogP contribution in [0.3, 0.4) is 0 Å². The maximum Gasteiger partial charge on any atom is 0.274 e. The van der Waals surface area contributed by atoms with Crippen molar-refractivity contribution in [3.63, 3.8) is 0 Å². The highest BCUT2D eigenvalue weighted by Gasteiger charge is 2.31. The van der Waals surface area contributed by atoms with E-state index in [0.29, 0.717) is 29.6 Å². The first kappa shape index (κ1) is 23.4. The average molecular weight is 488 g/mol. The van der Waals surface area contributed by atoms with Crippen molar-refractivity contribution in [3.8, 4) is 0 Å². The van der Waals surface area contributed by atoms with Gasteiger partial charge in [-0.25, -0.2) is 8.78 Å². The lowest BCUT2D eigenvalue weighted by molar-refractivity contribution is 0.0764. The van der Waals surface area contributed by atoms with Crippen LogP contribution in [0.25, 0.3) is 10.9 Å². The SMILES string of the molecule is CCn1nc(C(=O)N2CCSCC2)c2c1CC[C@H](NCCc1c(C)[nH]c3c(F)cc(F)cc13)C2. The Morgan fingerprint density at radius 2 is 2.09 bits per heavy atom. The third kappa shape index (κ3) is 4.35. The van der Waals surface area contributed by atoms with Crippen molar-refractivity contribution >= 4 is 28.6 Å². The second kappa shape index (κ2) is 9.70. The molecule has 9 heteroatoms. The molecule has 1 fully saturated rings. The highest BCUT2D eigenvalue weighted by Crippen LogP contribution is 2.28. The van der Waals surface area contributed by atoms with Crippen LogP contribution in [0.5, 0.6) is 0 Å². The number of hydrogen-bond acceptors (Lipinski definition) is 4. The fourth-order valence-corrected chi connectivity index (χ4v) is 6.24. The Kier molecular flexibility index (Phi) is 6.66. The predicted molar refractivity (Wildman–Crippen MR) is 132 cm³/mol. The summed E-state index contributed by atoms with van der Waals surface area (Å²) in [6, 6.07) is 2.56. The molecular weight excluding hydrogens is 456 g/mol.